The van der Waals surface area contributed by atoms with Gasteiger partial charge in [-0.05, 0) is 42.9 Å². The van der Waals surface area contributed by atoms with Crippen LogP contribution in [0.3, 0.4) is 0 Å². The number of carbonyl (C=O) groups excluding carboxylic acids is 1. The Labute approximate surface area is 188 Å². The highest BCUT2D eigenvalue weighted by atomic mass is 32.2. The summed E-state index contributed by atoms with van der Waals surface area (Å²) in [5.74, 6) is 2.40. The van der Waals surface area contributed by atoms with Gasteiger partial charge in [0.2, 0.25) is 11.9 Å². The Bertz CT molecular complexity index is 896. The monoisotopic (exact) mass is 443 g/mol. The summed E-state index contributed by atoms with van der Waals surface area (Å²) >= 11 is 1.45. The summed E-state index contributed by atoms with van der Waals surface area (Å²) in [4.78, 5) is 14.9. The van der Waals surface area contributed by atoms with Crippen molar-refractivity contribution in [2.75, 3.05) is 37.0 Å². The fourth-order valence-electron chi connectivity index (χ4n) is 4.48. The van der Waals surface area contributed by atoms with Crippen LogP contribution >= 0.6 is 11.8 Å². The molecule has 1 aromatic carbocycles. The zero-order chi connectivity index (χ0) is 21.8. The van der Waals surface area contributed by atoms with Crippen LogP contribution in [-0.4, -0.2) is 58.8 Å². The van der Waals surface area contributed by atoms with Crippen LogP contribution in [0.4, 0.5) is 5.95 Å². The van der Waals surface area contributed by atoms with Crippen LogP contribution in [-0.2, 0) is 9.53 Å². The molecule has 8 heteroatoms. The molecule has 0 bridgehead atoms. The minimum atomic E-state index is 0.0719. The molecule has 2 fully saturated rings. The lowest BCUT2D eigenvalue weighted by molar-refractivity contribution is -0.120. The number of rotatable bonds is 6. The Balaban J connectivity index is 1.50. The molecule has 3 atom stereocenters. The quantitative estimate of drug-likeness (QED) is 0.690. The highest BCUT2D eigenvalue weighted by Gasteiger charge is 2.28. The summed E-state index contributed by atoms with van der Waals surface area (Å²) in [6.45, 7) is 9.56. The first-order chi connectivity index (χ1) is 15.0. The predicted octanol–water partition coefficient (Wildman–Crippen LogP) is 3.45. The van der Waals surface area contributed by atoms with Gasteiger partial charge in [-0.2, -0.15) is 0 Å². The smallest absolute Gasteiger partial charge is 0.232 e. The SMILES string of the molecule is Cc1cccc(-n2c(SCC(=O)NC3CCCC(C)C3C)nnc2N2CCOCC2)c1. The summed E-state index contributed by atoms with van der Waals surface area (Å²) in [7, 11) is 0. The molecule has 3 unspecified atom stereocenters. The summed E-state index contributed by atoms with van der Waals surface area (Å²) in [6, 6.07) is 8.59. The van der Waals surface area contributed by atoms with Crippen LogP contribution in [0.15, 0.2) is 29.4 Å². The molecule has 2 heterocycles. The van der Waals surface area contributed by atoms with Gasteiger partial charge in [0.25, 0.3) is 0 Å². The number of morpholine rings is 1. The number of hydrogen-bond acceptors (Lipinski definition) is 6. The van der Waals surface area contributed by atoms with E-state index in [4.69, 9.17) is 4.74 Å². The first kappa shape index (κ1) is 22.1. The molecule has 1 aliphatic heterocycles. The van der Waals surface area contributed by atoms with Crippen molar-refractivity contribution in [1.82, 2.24) is 20.1 Å². The van der Waals surface area contributed by atoms with Crippen molar-refractivity contribution >= 4 is 23.6 Å². The van der Waals surface area contributed by atoms with Gasteiger partial charge in [-0.1, -0.05) is 50.6 Å². The molecule has 0 spiro atoms. The van der Waals surface area contributed by atoms with E-state index in [9.17, 15) is 4.79 Å². The van der Waals surface area contributed by atoms with Gasteiger partial charge in [0.1, 0.15) is 0 Å². The van der Waals surface area contributed by atoms with E-state index in [0.717, 1.165) is 36.3 Å². The van der Waals surface area contributed by atoms with E-state index in [2.05, 4.69) is 64.0 Å². The van der Waals surface area contributed by atoms with Gasteiger partial charge in [-0.15, -0.1) is 10.2 Å². The number of carbonyl (C=O) groups is 1. The second-order valence-electron chi connectivity index (χ2n) is 8.79. The van der Waals surface area contributed by atoms with Crippen molar-refractivity contribution in [3.63, 3.8) is 0 Å². The minimum Gasteiger partial charge on any atom is -0.378 e. The van der Waals surface area contributed by atoms with Gasteiger partial charge in [0, 0.05) is 19.1 Å². The number of anilines is 1. The van der Waals surface area contributed by atoms with Gasteiger partial charge >= 0.3 is 0 Å². The molecule has 4 rings (SSSR count). The maximum atomic E-state index is 12.7. The van der Waals surface area contributed by atoms with E-state index in [1.807, 2.05) is 6.07 Å². The van der Waals surface area contributed by atoms with Crippen LogP contribution in [0.1, 0.15) is 38.7 Å². The third-order valence-electron chi connectivity index (χ3n) is 6.56. The molecule has 1 N–H and O–H groups in total. The average molecular weight is 444 g/mol. The maximum absolute atomic E-state index is 12.7. The van der Waals surface area contributed by atoms with Gasteiger partial charge in [0.15, 0.2) is 5.16 Å². The van der Waals surface area contributed by atoms with Gasteiger partial charge in [-0.25, -0.2) is 0 Å². The number of amides is 1. The van der Waals surface area contributed by atoms with Gasteiger partial charge in [0.05, 0.1) is 24.7 Å². The third-order valence-corrected chi connectivity index (χ3v) is 7.48. The van der Waals surface area contributed by atoms with E-state index < -0.39 is 0 Å². The van der Waals surface area contributed by atoms with E-state index in [1.54, 1.807) is 0 Å². The molecule has 1 saturated heterocycles. The van der Waals surface area contributed by atoms with Gasteiger partial charge in [-0.3, -0.25) is 9.36 Å². The van der Waals surface area contributed by atoms with Crippen molar-refractivity contribution in [1.29, 1.82) is 0 Å². The highest BCUT2D eigenvalue weighted by molar-refractivity contribution is 7.99. The Morgan fingerprint density at radius 3 is 2.81 bits per heavy atom. The number of aromatic nitrogens is 3. The van der Waals surface area contributed by atoms with E-state index in [1.165, 1.54) is 30.2 Å². The van der Waals surface area contributed by atoms with Gasteiger partial charge < -0.3 is 15.0 Å². The predicted molar refractivity (Wildman–Crippen MR) is 124 cm³/mol. The second kappa shape index (κ2) is 10.0. The topological polar surface area (TPSA) is 72.3 Å². The Morgan fingerprint density at radius 2 is 2.03 bits per heavy atom. The lowest BCUT2D eigenvalue weighted by Crippen LogP contribution is -2.44. The summed E-state index contributed by atoms with van der Waals surface area (Å²) in [6.07, 6.45) is 3.52. The number of nitrogens with zero attached hydrogens (tertiary/aromatic N) is 4. The molecule has 168 valence electrons. The molecular formula is C23H33N5O2S. The van der Waals surface area contributed by atoms with Crippen LogP contribution in [0, 0.1) is 18.8 Å². The molecule has 1 saturated carbocycles. The largest absolute Gasteiger partial charge is 0.378 e. The Hall–Kier alpha value is -2.06. The number of aryl methyl sites for hydroxylation is 1. The molecule has 1 aliphatic carbocycles. The number of ether oxygens (including phenoxy) is 1. The number of thioether (sulfide) groups is 1. The van der Waals surface area contributed by atoms with E-state index >= 15 is 0 Å². The molecule has 31 heavy (non-hydrogen) atoms. The fraction of sp³-hybridized carbons (Fsp3) is 0.609. The summed E-state index contributed by atoms with van der Waals surface area (Å²) in [5.41, 5.74) is 2.19. The van der Waals surface area contributed by atoms with Crippen LogP contribution < -0.4 is 10.2 Å². The zero-order valence-corrected chi connectivity index (χ0v) is 19.5. The molecular weight excluding hydrogens is 410 g/mol. The van der Waals surface area contributed by atoms with Crippen molar-refractivity contribution in [3.05, 3.63) is 29.8 Å². The molecule has 1 aromatic heterocycles. The van der Waals surface area contributed by atoms with Crippen molar-refractivity contribution in [2.24, 2.45) is 11.8 Å². The fourth-order valence-corrected chi connectivity index (χ4v) is 5.24. The first-order valence-corrected chi connectivity index (χ1v) is 12.3. The second-order valence-corrected chi connectivity index (χ2v) is 9.73. The molecule has 2 aromatic rings. The normalized spacial score (nSPS) is 24.2. The average Bonchev–Trinajstić information content (AvgIpc) is 3.20. The summed E-state index contributed by atoms with van der Waals surface area (Å²) in [5, 5.41) is 13.0. The lowest BCUT2D eigenvalue weighted by atomic mass is 9.78. The van der Waals surface area contributed by atoms with Crippen molar-refractivity contribution < 1.29 is 9.53 Å². The summed E-state index contributed by atoms with van der Waals surface area (Å²) < 4.78 is 7.57. The highest BCUT2D eigenvalue weighted by Crippen LogP contribution is 2.30. The van der Waals surface area contributed by atoms with Crippen LogP contribution in [0.25, 0.3) is 5.69 Å². The number of nitrogens with one attached hydrogen (secondary N) is 1. The standard InChI is InChI=1S/C23H33N5O2S/c1-16-6-4-8-19(14-16)28-22(27-10-12-30-13-11-27)25-26-23(28)31-15-21(29)24-20-9-5-7-17(2)18(20)3/h4,6,8,14,17-18,20H,5,7,9-13,15H2,1-3H3,(H,24,29). The van der Waals surface area contributed by atoms with Crippen molar-refractivity contribution in [3.8, 4) is 5.69 Å². The van der Waals surface area contributed by atoms with E-state index in [-0.39, 0.29) is 11.9 Å². The van der Waals surface area contributed by atoms with E-state index in [0.29, 0.717) is 30.8 Å². The lowest BCUT2D eigenvalue weighted by Gasteiger charge is -2.34. The Morgan fingerprint density at radius 1 is 1.23 bits per heavy atom. The van der Waals surface area contributed by atoms with Crippen LogP contribution in [0.2, 0.25) is 0 Å². The van der Waals surface area contributed by atoms with Crippen LogP contribution in [0.5, 0.6) is 0 Å². The molecule has 1 amide bonds. The van der Waals surface area contributed by atoms with Crippen molar-refractivity contribution in [2.45, 2.75) is 51.2 Å². The molecule has 0 radical (unpaired) electrons. The number of benzene rings is 1. The minimum absolute atomic E-state index is 0.0719. The number of hydrogen-bond donors (Lipinski definition) is 1. The molecule has 2 aliphatic rings. The Kier molecular flexibility index (Phi) is 7.17. The first-order valence-electron chi connectivity index (χ1n) is 11.3. The maximum Gasteiger partial charge on any atom is 0.232 e. The third kappa shape index (κ3) is 5.23. The molecule has 7 nitrogen and oxygen atoms in total. The zero-order valence-electron chi connectivity index (χ0n) is 18.7.